The zero-order chi connectivity index (χ0) is 112. The lowest BCUT2D eigenvalue weighted by Gasteiger charge is -2.25. The van der Waals surface area contributed by atoms with Crippen LogP contribution in [0.15, 0.2) is 25.0 Å². The number of nitrogens with one attached hydrogen (secondary N) is 14. The number of alkyl halides is 2. The Hall–Kier alpha value is -12.4. The number of nitro groups is 5. The first-order chi connectivity index (χ1) is 65.2. The van der Waals surface area contributed by atoms with Gasteiger partial charge in [0.15, 0.2) is 25.2 Å². The van der Waals surface area contributed by atoms with Gasteiger partial charge in [0.25, 0.3) is 35.7 Å². The Balaban J connectivity index is -0.000000144. The Morgan fingerprint density at radius 2 is 0.724 bits per heavy atom. The van der Waals surface area contributed by atoms with E-state index < -0.39 is 131 Å². The van der Waals surface area contributed by atoms with E-state index in [9.17, 15) is 98.5 Å². The third-order valence-corrected chi connectivity index (χ3v) is 13.8. The third-order valence-electron chi connectivity index (χ3n) is 13.6. The molecule has 0 saturated carbocycles. The minimum Gasteiger partial charge on any atom is -0.480 e. The van der Waals surface area contributed by atoms with Crippen LogP contribution in [0.5, 0.6) is 0 Å². The van der Waals surface area contributed by atoms with Crippen molar-refractivity contribution in [1.29, 1.82) is 0 Å². The lowest BCUT2D eigenvalue weighted by molar-refractivity contribution is -0.525. The molecule has 0 aliphatic rings. The number of carboxylic acids is 1. The molecule has 63 nitrogen and oxygen atoms in total. The largest absolute Gasteiger partial charge is 0.480 e. The number of carbonyl (C=O) groups excluding carboxylic acids is 9. The van der Waals surface area contributed by atoms with Crippen LogP contribution in [-0.2, 0) is 57.2 Å². The molecule has 0 aliphatic carbocycles. The molecule has 0 spiro atoms. The zero-order valence-corrected chi connectivity index (χ0v) is 87.9. The number of ether oxygens (including phenoxy) is 7. The van der Waals surface area contributed by atoms with Gasteiger partial charge in [-0.25, -0.2) is 124 Å². The van der Waals surface area contributed by atoms with Crippen molar-refractivity contribution in [3.63, 3.8) is 0 Å². The second-order valence-corrected chi connectivity index (χ2v) is 35.5. The van der Waals surface area contributed by atoms with Crippen molar-refractivity contribution < 1.29 is 121 Å². The van der Waals surface area contributed by atoms with Crippen LogP contribution in [0.4, 0.5) is 33.6 Å². The van der Waals surface area contributed by atoms with Gasteiger partial charge in [-0.2, -0.15) is 0 Å². The summed E-state index contributed by atoms with van der Waals surface area (Å²) in [5.41, 5.74) is 49.1. The molecule has 854 valence electrons. The molecule has 0 heterocycles. The van der Waals surface area contributed by atoms with E-state index in [0.717, 1.165) is 24.4 Å². The van der Waals surface area contributed by atoms with Crippen LogP contribution in [0, 0.1) is 56.5 Å². The topological polar surface area (TPSA) is 931 Å². The molecule has 31 N–H and O–H groups in total. The number of hydroxylamine groups is 3. The van der Waals surface area contributed by atoms with E-state index in [1.54, 1.807) is 145 Å². The van der Waals surface area contributed by atoms with Crippen molar-refractivity contribution in [2.45, 2.75) is 289 Å². The van der Waals surface area contributed by atoms with Gasteiger partial charge in [0.05, 0.1) is 32.2 Å². The predicted molar refractivity (Wildman–Crippen MR) is 551 cm³/mol. The molecule has 145 heavy (non-hydrogen) atoms. The minimum absolute atomic E-state index is 0. The molecule has 0 aromatic heterocycles. The normalized spacial score (nSPS) is 12.2. The third kappa shape index (κ3) is 136. The highest BCUT2D eigenvalue weighted by Gasteiger charge is 2.29. The first kappa shape index (κ1) is 158. The molecule has 7 amide bonds. The van der Waals surface area contributed by atoms with Gasteiger partial charge in [-0.05, 0) is 195 Å². The molecule has 0 fully saturated rings. The summed E-state index contributed by atoms with van der Waals surface area (Å²) in [5.74, 6) is -2.85. The number of guanidine groups is 5. The lowest BCUT2D eigenvalue weighted by Crippen LogP contribution is -2.48. The number of halogens is 3. The Morgan fingerprint density at radius 3 is 1.01 bits per heavy atom. The number of nitrogens with zero attached hydrogens (tertiary/aromatic N) is 11. The maximum absolute atomic E-state index is 12.2. The molecule has 0 aliphatic heterocycles. The maximum atomic E-state index is 12.2. The fraction of sp³-hybridized carbons (Fsp3) is 0.810. The summed E-state index contributed by atoms with van der Waals surface area (Å²) in [6.45, 7) is 40.8. The molecular formula is C79H172Cl3N33O30. The summed E-state index contributed by atoms with van der Waals surface area (Å²) in [6.07, 6.45) is 1.02. The van der Waals surface area contributed by atoms with E-state index in [4.69, 9.17) is 119 Å². The van der Waals surface area contributed by atoms with E-state index in [2.05, 4.69) is 82.6 Å². The van der Waals surface area contributed by atoms with Gasteiger partial charge in [0, 0.05) is 123 Å². The van der Waals surface area contributed by atoms with Gasteiger partial charge in [0.2, 0.25) is 0 Å². The number of carboxylic acid groups (broad SMARTS) is 1. The van der Waals surface area contributed by atoms with Crippen LogP contribution in [0.3, 0.4) is 0 Å². The second kappa shape index (κ2) is 92.7. The Morgan fingerprint density at radius 1 is 0.441 bits per heavy atom. The van der Waals surface area contributed by atoms with E-state index >= 15 is 0 Å². The van der Waals surface area contributed by atoms with Gasteiger partial charge >= 0.3 is 48.0 Å². The van der Waals surface area contributed by atoms with Crippen LogP contribution >= 0.6 is 34.8 Å². The molecule has 0 bridgehead atoms. The first-order valence-corrected chi connectivity index (χ1v) is 44.9. The van der Waals surface area contributed by atoms with Crippen LogP contribution in [0.2, 0.25) is 0 Å². The number of aldehydes is 1. The van der Waals surface area contributed by atoms with Crippen LogP contribution in [-0.4, -0.2) is 314 Å². The maximum Gasteiger partial charge on any atom is 0.408 e. The molecule has 0 saturated heterocycles. The number of amides is 7. The minimum atomic E-state index is -1.22. The van der Waals surface area contributed by atoms with Crippen molar-refractivity contribution in [3.05, 3.63) is 50.6 Å². The number of rotatable bonds is 47. The monoisotopic (exact) mass is 2170 g/mol. The fourth-order valence-corrected chi connectivity index (χ4v) is 8.41. The number of likely N-dealkylation sites (N-methyl/N-ethyl adjacent to an activating group) is 1. The summed E-state index contributed by atoms with van der Waals surface area (Å²) in [7, 11) is 6.00. The van der Waals surface area contributed by atoms with Gasteiger partial charge in [-0.15, -0.1) is 23.2 Å². The number of nitrogens with two attached hydrogens (primary N) is 8. The van der Waals surface area contributed by atoms with Gasteiger partial charge < -0.3 is 136 Å². The number of hydrogen-bond acceptors (Lipinski definition) is 40. The average molecular weight is 2170 g/mol. The predicted octanol–water partition coefficient (Wildman–Crippen LogP) is 3.76. The molecule has 66 heteroatoms. The van der Waals surface area contributed by atoms with Crippen molar-refractivity contribution in [1.82, 2.24) is 80.2 Å². The fourth-order valence-electron chi connectivity index (χ4n) is 8.35. The molecule has 0 radical (unpaired) electrons. The van der Waals surface area contributed by atoms with Crippen molar-refractivity contribution >= 4 is 125 Å². The summed E-state index contributed by atoms with van der Waals surface area (Å²) in [4.78, 5) is 192. The van der Waals surface area contributed by atoms with Crippen LogP contribution in [0.25, 0.3) is 0 Å². The number of aliphatic imine (C=N–C) groups is 5. The van der Waals surface area contributed by atoms with Gasteiger partial charge in [0.1, 0.15) is 52.0 Å². The van der Waals surface area contributed by atoms with Gasteiger partial charge in [-0.1, -0.05) is 63.3 Å². The van der Waals surface area contributed by atoms with Crippen LogP contribution < -0.4 is 121 Å². The average Bonchev–Trinajstić information content (AvgIpc) is 0.882. The molecule has 0 aromatic carbocycles. The highest BCUT2D eigenvalue weighted by Crippen LogP contribution is 2.14. The van der Waals surface area contributed by atoms with E-state index in [1.165, 1.54) is 14.2 Å². The molecular weight excluding hydrogens is 2000 g/mol. The number of alkyl carbamates (subject to hydrolysis) is 6. The van der Waals surface area contributed by atoms with Crippen molar-refractivity contribution in [2.24, 2.45) is 76.7 Å². The van der Waals surface area contributed by atoms with E-state index in [-0.39, 0.29) is 115 Å². The SMILES string of the molecule is C.C.C.CC(C)(C)OC(=O)NC(C=O)CCCN=C(N)N[N+](=O)[O-].CC(C)(C)OC(=O)NC(CCCN=C(N)N[N+](=O)[O-])C(=O)O.CC(C)(C)OC(=O)NCCN.CC(C)(C)OC(=O)NCCNCC(CCCN=C(N)N[N+](=O)[O-])NC(=O)OC(C)(C)C.CC(C)COC(=O)Cl.CNOC.CON(C)C(=O)C(CCCN=C(N)N[N+](=O)[O-])NC(=O)OC(C)(C)C.ClCCl.NCCNCC(N)CCCN=C(N)N[N+](=O)[O-]. The standard InChI is InChI=1S/C18H37N7O6.C13H26N6O6.C11H21N5O6.C11H21N5O5.C8H21N7O2.C7H16N2O2.C5H9ClO2.C2H7NO.CH2Cl2.3CH4/c1-17(2,3)30-15(26)22-11-10-20-12-13(23-16(27)31-18(4,5)6)8-7-9-21-14(19)24-25(28)29;1-13(2,3)25-12(21)16-9(10(20)18(4)24-5)7-6-8-15-11(14)17-19(22)23;1-11(2,3)22-10(19)14-7(8(17)18)5-4-6-13-9(12)15-16(20)21;1-11(2,3)21-10(18)14-8(7-17)5-4-6-13-9(12)15-16(19)20;9-3-5-12-6-7(10)2-1-4-13-8(11)14-15(16)17;1-7(2,3)11-6(10)9-5-4-8;1-4(2)3-8-5(6)7;1-3-4-2;2-1-3;;;/h13,20H,7-12H2,1-6H3,(H,22,26)(H,23,27)(H3,19,21,24);9H,6-8H2,1-5H3,(H,16,21)(H3,14,15,17);7H,4-6H2,1-3H3,(H,14,19)(H,17,18)(H3,12,13,15);7-8H,4-6H2,1-3H3,(H,14,18)(H3,12,13,15);7,12H,1-6,9-10H2,(H3,11,13,14);4-5,8H2,1-3H3,(H,9,10);4H,3H2,1-2H3;3H,1-2H3;1H2;3*1H4. The van der Waals surface area contributed by atoms with Crippen molar-refractivity contribution in [3.8, 4) is 0 Å². The molecule has 5 unspecified atom stereocenters. The smallest absolute Gasteiger partial charge is 0.408 e. The quantitative estimate of drug-likeness (QED) is 0.00474. The van der Waals surface area contributed by atoms with Gasteiger partial charge in [-0.3, -0.25) is 9.63 Å². The molecule has 0 rings (SSSR count). The van der Waals surface area contributed by atoms with Crippen LogP contribution in [0.1, 0.15) is 225 Å². The summed E-state index contributed by atoms with van der Waals surface area (Å²) >= 11 is 14.4. The molecule has 5 atom stereocenters. The summed E-state index contributed by atoms with van der Waals surface area (Å²) < 4.78 is 34.9. The Bertz CT molecular complexity index is 3720. The number of aliphatic carboxylic acids is 1. The molecule has 0 aromatic rings. The second-order valence-electron chi connectivity index (χ2n) is 34.4. The summed E-state index contributed by atoms with van der Waals surface area (Å²) in [6, 6.07) is -3.01. The van der Waals surface area contributed by atoms with Crippen molar-refractivity contribution in [2.75, 3.05) is 125 Å². The van der Waals surface area contributed by atoms with E-state index in [0.29, 0.717) is 103 Å². The highest BCUT2D eigenvalue weighted by molar-refractivity contribution is 6.61. The number of hydrazine groups is 5. The first-order valence-electron chi connectivity index (χ1n) is 43.4. The zero-order valence-electron chi connectivity index (χ0n) is 85.7. The summed E-state index contributed by atoms with van der Waals surface area (Å²) in [5, 5.41) is 78.0. The number of carbonyl (C=O) groups is 10. The highest BCUT2D eigenvalue weighted by atomic mass is 35.5. The lowest BCUT2D eigenvalue weighted by atomic mass is 10.1. The Kier molecular flexibility index (Phi) is 101. The number of hydrogen-bond donors (Lipinski definition) is 23. The van der Waals surface area contributed by atoms with E-state index in [1.807, 2.05) is 34.6 Å². The Labute approximate surface area is 863 Å².